The maximum absolute atomic E-state index is 13.1. The van der Waals surface area contributed by atoms with Crippen LogP contribution in [0.2, 0.25) is 0 Å². The summed E-state index contributed by atoms with van der Waals surface area (Å²) in [7, 11) is 0. The molecule has 1 fully saturated rings. The molecule has 0 spiro atoms. The second-order valence-electron chi connectivity index (χ2n) is 11.8. The molecule has 214 valence electrons. The van der Waals surface area contributed by atoms with Gasteiger partial charge in [0.05, 0.1) is 17.9 Å². The minimum absolute atomic E-state index is 0.0746. The third-order valence-corrected chi connectivity index (χ3v) is 7.80. The molecule has 0 unspecified atom stereocenters. The minimum atomic E-state index is -0.534. The third kappa shape index (κ3) is 5.99. The van der Waals surface area contributed by atoms with Gasteiger partial charge in [-0.05, 0) is 100 Å². The van der Waals surface area contributed by atoms with Crippen LogP contribution in [0.3, 0.4) is 0 Å². The van der Waals surface area contributed by atoms with Crippen molar-refractivity contribution in [3.8, 4) is 22.4 Å². The maximum Gasteiger partial charge on any atom is 0.410 e. The number of amides is 2. The zero-order valence-electron chi connectivity index (χ0n) is 25.0. The number of carbonyl (C=O) groups excluding carboxylic acids is 2. The number of hydrogen-bond acceptors (Lipinski definition) is 4. The van der Waals surface area contributed by atoms with E-state index in [1.165, 1.54) is 0 Å². The number of fused-ring (bicyclic) bond motifs is 1. The number of H-pyrrole nitrogens is 1. The fourth-order valence-electron chi connectivity index (χ4n) is 5.55. The van der Waals surface area contributed by atoms with Gasteiger partial charge in [0.2, 0.25) is 0 Å². The molecule has 1 N–H and O–H groups in total. The number of nitrogens with one attached hydrogen (secondary N) is 1. The number of ether oxygens (including phenoxy) is 1. The van der Waals surface area contributed by atoms with Gasteiger partial charge in [-0.1, -0.05) is 36.4 Å². The zero-order valence-corrected chi connectivity index (χ0v) is 25.0. The number of nitrogens with zero attached hydrogens (tertiary/aromatic N) is 3. The van der Waals surface area contributed by atoms with Crippen molar-refractivity contribution < 1.29 is 14.3 Å². The Hall–Kier alpha value is -4.13. The summed E-state index contributed by atoms with van der Waals surface area (Å²) < 4.78 is 5.63. The highest BCUT2D eigenvalue weighted by atomic mass is 16.6. The topological polar surface area (TPSA) is 78.5 Å². The summed E-state index contributed by atoms with van der Waals surface area (Å²) in [5, 5.41) is 2.24. The number of rotatable bonds is 6. The summed E-state index contributed by atoms with van der Waals surface area (Å²) in [5.74, 6) is 0.860. The van der Waals surface area contributed by atoms with E-state index in [1.807, 2.05) is 64.8 Å². The molecular weight excluding hydrogens is 512 g/mol. The predicted molar refractivity (Wildman–Crippen MR) is 164 cm³/mol. The average molecular weight is 553 g/mol. The van der Waals surface area contributed by atoms with Crippen LogP contribution < -0.4 is 0 Å². The number of benzene rings is 3. The summed E-state index contributed by atoms with van der Waals surface area (Å²) in [5.41, 5.74) is 5.26. The smallest absolute Gasteiger partial charge is 0.410 e. The van der Waals surface area contributed by atoms with Crippen molar-refractivity contribution in [2.45, 2.75) is 66.0 Å². The monoisotopic (exact) mass is 552 g/mol. The summed E-state index contributed by atoms with van der Waals surface area (Å²) in [4.78, 5) is 37.6. The molecule has 1 atom stereocenters. The first-order valence-corrected chi connectivity index (χ1v) is 14.6. The Bertz CT molecular complexity index is 1580. The molecule has 1 aromatic heterocycles. The quantitative estimate of drug-likeness (QED) is 0.265. The van der Waals surface area contributed by atoms with Gasteiger partial charge in [0, 0.05) is 30.8 Å². The van der Waals surface area contributed by atoms with Crippen molar-refractivity contribution in [3.63, 3.8) is 0 Å². The van der Waals surface area contributed by atoms with E-state index in [2.05, 4.69) is 52.4 Å². The number of likely N-dealkylation sites (tertiary alicyclic amines) is 1. The molecule has 0 radical (unpaired) electrons. The molecule has 7 heteroatoms. The molecule has 1 aliphatic rings. The van der Waals surface area contributed by atoms with Gasteiger partial charge in [-0.2, -0.15) is 0 Å². The van der Waals surface area contributed by atoms with Gasteiger partial charge in [0.25, 0.3) is 5.91 Å². The molecule has 0 bridgehead atoms. The molecule has 1 aliphatic heterocycles. The van der Waals surface area contributed by atoms with E-state index in [0.717, 1.165) is 62.9 Å². The minimum Gasteiger partial charge on any atom is -0.444 e. The number of carbonyl (C=O) groups is 2. The molecular formula is C34H40N4O3. The van der Waals surface area contributed by atoms with Gasteiger partial charge in [-0.3, -0.25) is 9.69 Å². The highest BCUT2D eigenvalue weighted by Crippen LogP contribution is 2.34. The fourth-order valence-corrected chi connectivity index (χ4v) is 5.55. The lowest BCUT2D eigenvalue weighted by Gasteiger charge is -2.27. The summed E-state index contributed by atoms with van der Waals surface area (Å²) in [6, 6.07) is 18.8. The van der Waals surface area contributed by atoms with Crippen molar-refractivity contribution in [3.05, 3.63) is 77.7 Å². The highest BCUT2D eigenvalue weighted by Gasteiger charge is 2.34. The first-order chi connectivity index (χ1) is 19.6. The van der Waals surface area contributed by atoms with E-state index in [9.17, 15) is 9.59 Å². The third-order valence-electron chi connectivity index (χ3n) is 7.80. The molecule has 2 heterocycles. The normalized spacial score (nSPS) is 15.4. The largest absolute Gasteiger partial charge is 0.444 e. The second-order valence-corrected chi connectivity index (χ2v) is 11.8. The van der Waals surface area contributed by atoms with E-state index >= 15 is 0 Å². The molecule has 1 saturated heterocycles. The number of aromatic nitrogens is 2. The van der Waals surface area contributed by atoms with Crippen molar-refractivity contribution in [1.82, 2.24) is 19.8 Å². The molecule has 0 aliphatic carbocycles. The standard InChI is InChI=1S/C34H40N4O3/c1-7-37(8-2)32(39)28-20-26(12-11-22(28)3)24-13-14-25-19-27(16-15-23(25)18-24)29-21-35-31(36-29)30-10-9-17-38(30)33(40)41-34(4,5)6/h11-16,18-21,30H,7-10,17H2,1-6H3,(H,35,36)/t30-/m0/s1. The second kappa shape index (κ2) is 11.4. The molecule has 5 rings (SSSR count). The van der Waals surface area contributed by atoms with Crippen LogP contribution in [0, 0.1) is 6.92 Å². The van der Waals surface area contributed by atoms with Crippen LogP contribution in [0.4, 0.5) is 4.79 Å². The molecule has 7 nitrogen and oxygen atoms in total. The molecule has 3 aromatic carbocycles. The van der Waals surface area contributed by atoms with E-state index in [4.69, 9.17) is 4.74 Å². The van der Waals surface area contributed by atoms with Gasteiger partial charge < -0.3 is 14.6 Å². The van der Waals surface area contributed by atoms with Gasteiger partial charge >= 0.3 is 6.09 Å². The summed E-state index contributed by atoms with van der Waals surface area (Å²) in [6.45, 7) is 13.7. The number of hydrogen-bond donors (Lipinski definition) is 1. The van der Waals surface area contributed by atoms with E-state index in [-0.39, 0.29) is 18.0 Å². The first-order valence-electron chi connectivity index (χ1n) is 14.6. The van der Waals surface area contributed by atoms with Gasteiger partial charge in [0.1, 0.15) is 11.4 Å². The van der Waals surface area contributed by atoms with Gasteiger partial charge in [-0.15, -0.1) is 0 Å². The van der Waals surface area contributed by atoms with E-state index in [0.29, 0.717) is 19.6 Å². The average Bonchev–Trinajstić information content (AvgIpc) is 3.63. The Labute approximate surface area is 242 Å². The lowest BCUT2D eigenvalue weighted by atomic mass is 9.96. The highest BCUT2D eigenvalue weighted by molar-refractivity contribution is 5.97. The number of imidazole rings is 1. The van der Waals surface area contributed by atoms with Gasteiger partial charge in [0.15, 0.2) is 0 Å². The number of aryl methyl sites for hydroxylation is 1. The molecule has 0 saturated carbocycles. The van der Waals surface area contributed by atoms with Gasteiger partial charge in [-0.25, -0.2) is 9.78 Å². The van der Waals surface area contributed by atoms with Crippen LogP contribution in [0.1, 0.15) is 75.2 Å². The predicted octanol–water partition coefficient (Wildman–Crippen LogP) is 7.76. The molecule has 41 heavy (non-hydrogen) atoms. The van der Waals surface area contributed by atoms with Crippen LogP contribution in [-0.2, 0) is 4.74 Å². The van der Waals surface area contributed by atoms with Crippen LogP contribution in [-0.4, -0.2) is 57.0 Å². The van der Waals surface area contributed by atoms with Crippen molar-refractivity contribution in [2.75, 3.05) is 19.6 Å². The van der Waals surface area contributed by atoms with Crippen molar-refractivity contribution >= 4 is 22.8 Å². The zero-order chi connectivity index (χ0) is 29.3. The lowest BCUT2D eigenvalue weighted by molar-refractivity contribution is 0.0218. The Kier molecular flexibility index (Phi) is 7.89. The summed E-state index contributed by atoms with van der Waals surface area (Å²) >= 11 is 0. The number of aromatic amines is 1. The Morgan fingerprint density at radius 2 is 1.61 bits per heavy atom. The molecule has 2 amide bonds. The van der Waals surface area contributed by atoms with Crippen LogP contribution in [0.5, 0.6) is 0 Å². The summed E-state index contributed by atoms with van der Waals surface area (Å²) in [6.07, 6.45) is 3.33. The Morgan fingerprint density at radius 3 is 2.29 bits per heavy atom. The Balaban J connectivity index is 1.38. The lowest BCUT2D eigenvalue weighted by Crippen LogP contribution is -2.36. The van der Waals surface area contributed by atoms with Crippen molar-refractivity contribution in [2.24, 2.45) is 0 Å². The maximum atomic E-state index is 13.1. The van der Waals surface area contributed by atoms with Crippen LogP contribution >= 0.6 is 0 Å². The van der Waals surface area contributed by atoms with E-state index in [1.54, 1.807) is 4.90 Å². The van der Waals surface area contributed by atoms with Crippen LogP contribution in [0.15, 0.2) is 60.8 Å². The SMILES string of the molecule is CCN(CC)C(=O)c1cc(-c2ccc3cc(-c4cnc([C@@H]5CCCN5C(=O)OC(C)(C)C)[nH]4)ccc3c2)ccc1C. The van der Waals surface area contributed by atoms with E-state index < -0.39 is 5.60 Å². The Morgan fingerprint density at radius 1 is 0.976 bits per heavy atom. The fraction of sp³-hybridized carbons (Fsp3) is 0.382. The first kappa shape index (κ1) is 28.4. The van der Waals surface area contributed by atoms with Crippen molar-refractivity contribution in [1.29, 1.82) is 0 Å². The molecule has 4 aromatic rings. The van der Waals surface area contributed by atoms with Crippen LogP contribution in [0.25, 0.3) is 33.2 Å².